The molecule has 1 nitrogen and oxygen atoms in total. The largest absolute Gasteiger partial charge is 0.313 e. The number of nitrogens with one attached hydrogen (secondary N) is 1. The molecule has 4 aliphatic carbocycles. The van der Waals surface area contributed by atoms with E-state index < -0.39 is 0 Å². The van der Waals surface area contributed by atoms with Crippen molar-refractivity contribution in [3.05, 3.63) is 0 Å². The van der Waals surface area contributed by atoms with Crippen LogP contribution in [0.5, 0.6) is 0 Å². The lowest BCUT2D eigenvalue weighted by Gasteiger charge is -2.55. The molecule has 4 bridgehead atoms. The van der Waals surface area contributed by atoms with E-state index in [2.05, 4.69) is 26.1 Å². The zero-order chi connectivity index (χ0) is 11.3. The molecule has 0 aromatic carbocycles. The quantitative estimate of drug-likeness (QED) is 0.753. The van der Waals surface area contributed by atoms with Gasteiger partial charge in [-0.3, -0.25) is 0 Å². The van der Waals surface area contributed by atoms with Crippen LogP contribution in [-0.2, 0) is 0 Å². The summed E-state index contributed by atoms with van der Waals surface area (Å²) in [5, 5.41) is 3.90. The third-order valence-electron chi connectivity index (χ3n) is 5.09. The van der Waals surface area contributed by atoms with Crippen molar-refractivity contribution >= 4 is 0 Å². The average molecular weight is 221 g/mol. The summed E-state index contributed by atoms with van der Waals surface area (Å²) in [6.45, 7) is 8.22. The zero-order valence-corrected chi connectivity index (χ0v) is 11.1. The van der Waals surface area contributed by atoms with Crippen LogP contribution in [0.2, 0.25) is 0 Å². The lowest BCUT2D eigenvalue weighted by molar-refractivity contribution is -0.0160. The number of hydrogen-bond donors (Lipinski definition) is 1. The van der Waals surface area contributed by atoms with Gasteiger partial charge in [0.15, 0.2) is 0 Å². The van der Waals surface area contributed by atoms with Crippen LogP contribution in [0.15, 0.2) is 0 Å². The molecule has 0 aromatic rings. The predicted octanol–water partition coefficient (Wildman–Crippen LogP) is 3.45. The molecule has 0 aromatic heterocycles. The molecule has 0 amide bonds. The van der Waals surface area contributed by atoms with Gasteiger partial charge in [-0.1, -0.05) is 20.8 Å². The Balaban J connectivity index is 1.64. The van der Waals surface area contributed by atoms with Crippen LogP contribution in [0.25, 0.3) is 0 Å². The average Bonchev–Trinajstić information content (AvgIpc) is 2.13. The molecule has 0 heterocycles. The van der Waals surface area contributed by atoms with Crippen molar-refractivity contribution in [1.29, 1.82) is 0 Å². The summed E-state index contributed by atoms with van der Waals surface area (Å²) in [5.41, 5.74) is 0.439. The highest BCUT2D eigenvalue weighted by Gasteiger charge is 2.47. The Labute approximate surface area is 100 Å². The van der Waals surface area contributed by atoms with E-state index in [1.54, 1.807) is 6.42 Å². The maximum absolute atomic E-state index is 3.90. The van der Waals surface area contributed by atoms with E-state index in [1.165, 1.54) is 32.2 Å². The van der Waals surface area contributed by atoms with Crippen molar-refractivity contribution in [2.45, 2.75) is 58.9 Å². The second kappa shape index (κ2) is 3.73. The first-order valence-electron chi connectivity index (χ1n) is 7.24. The van der Waals surface area contributed by atoms with Crippen LogP contribution in [0.1, 0.15) is 52.9 Å². The van der Waals surface area contributed by atoms with Gasteiger partial charge in [-0.2, -0.15) is 0 Å². The predicted molar refractivity (Wildman–Crippen MR) is 68.3 cm³/mol. The van der Waals surface area contributed by atoms with E-state index in [9.17, 15) is 0 Å². The van der Waals surface area contributed by atoms with Crippen LogP contribution >= 0.6 is 0 Å². The van der Waals surface area contributed by atoms with Gasteiger partial charge in [-0.05, 0) is 61.2 Å². The van der Waals surface area contributed by atoms with E-state index >= 15 is 0 Å². The molecule has 4 fully saturated rings. The molecule has 4 aliphatic rings. The van der Waals surface area contributed by atoms with Gasteiger partial charge in [-0.15, -0.1) is 0 Å². The third kappa shape index (κ3) is 2.03. The van der Waals surface area contributed by atoms with Crippen LogP contribution in [0, 0.1) is 29.1 Å². The monoisotopic (exact) mass is 221 g/mol. The highest BCUT2D eigenvalue weighted by molar-refractivity contribution is 5.01. The van der Waals surface area contributed by atoms with Gasteiger partial charge < -0.3 is 5.32 Å². The fourth-order valence-corrected chi connectivity index (χ4v) is 4.68. The fourth-order valence-electron chi connectivity index (χ4n) is 4.68. The Morgan fingerprint density at radius 1 is 0.875 bits per heavy atom. The molecule has 0 unspecified atom stereocenters. The Kier molecular flexibility index (Phi) is 2.58. The first-order valence-corrected chi connectivity index (χ1v) is 7.24. The molecule has 4 rings (SSSR count). The summed E-state index contributed by atoms with van der Waals surface area (Å²) in [6.07, 6.45) is 7.71. The lowest BCUT2D eigenvalue weighted by Crippen LogP contribution is -2.55. The van der Waals surface area contributed by atoms with Crippen LogP contribution in [-0.4, -0.2) is 12.6 Å². The topological polar surface area (TPSA) is 12.0 Å². The van der Waals surface area contributed by atoms with Gasteiger partial charge in [0.25, 0.3) is 0 Å². The smallest absolute Gasteiger partial charge is 0.0124 e. The van der Waals surface area contributed by atoms with Gasteiger partial charge in [0, 0.05) is 12.6 Å². The molecule has 0 atom stereocenters. The zero-order valence-electron chi connectivity index (χ0n) is 11.1. The summed E-state index contributed by atoms with van der Waals surface area (Å²) in [7, 11) is 0. The first-order chi connectivity index (χ1) is 7.51. The molecule has 0 radical (unpaired) electrons. The van der Waals surface area contributed by atoms with Gasteiger partial charge in [0.05, 0.1) is 0 Å². The Bertz CT molecular complexity index is 235. The van der Waals surface area contributed by atoms with E-state index in [-0.39, 0.29) is 0 Å². The fraction of sp³-hybridized carbons (Fsp3) is 1.00. The second-order valence-corrected chi connectivity index (χ2v) is 7.90. The van der Waals surface area contributed by atoms with Crippen molar-refractivity contribution < 1.29 is 0 Å². The normalized spacial score (nSPS) is 46.3. The SMILES string of the molecule is CC(C)(C)CNC1C2CC3CC(C2)CC1C3. The Morgan fingerprint density at radius 2 is 1.38 bits per heavy atom. The maximum atomic E-state index is 3.90. The maximum Gasteiger partial charge on any atom is 0.0124 e. The minimum atomic E-state index is 0.439. The summed E-state index contributed by atoms with van der Waals surface area (Å²) >= 11 is 0. The molecule has 16 heavy (non-hydrogen) atoms. The Morgan fingerprint density at radius 3 is 1.81 bits per heavy atom. The third-order valence-corrected chi connectivity index (χ3v) is 5.09. The molecule has 4 saturated carbocycles. The van der Waals surface area contributed by atoms with E-state index in [1.807, 2.05) is 0 Å². The van der Waals surface area contributed by atoms with E-state index in [0.29, 0.717) is 5.41 Å². The molecular weight excluding hydrogens is 194 g/mol. The van der Waals surface area contributed by atoms with Crippen molar-refractivity contribution in [2.75, 3.05) is 6.54 Å². The molecule has 0 aliphatic heterocycles. The minimum absolute atomic E-state index is 0.439. The molecular formula is C15H27N. The summed E-state index contributed by atoms with van der Waals surface area (Å²) in [4.78, 5) is 0. The van der Waals surface area contributed by atoms with Crippen molar-refractivity contribution in [2.24, 2.45) is 29.1 Å². The van der Waals surface area contributed by atoms with Crippen molar-refractivity contribution in [3.63, 3.8) is 0 Å². The van der Waals surface area contributed by atoms with Crippen LogP contribution < -0.4 is 5.32 Å². The first kappa shape index (κ1) is 11.1. The second-order valence-electron chi connectivity index (χ2n) is 7.90. The molecule has 1 heteroatoms. The standard InChI is InChI=1S/C15H27N/c1-15(2,3)9-16-14-12-5-10-4-11(7-12)8-13(14)6-10/h10-14,16H,4-9H2,1-3H3. The molecule has 0 saturated heterocycles. The lowest BCUT2D eigenvalue weighted by atomic mass is 9.54. The number of rotatable bonds is 2. The highest BCUT2D eigenvalue weighted by atomic mass is 15.0. The molecule has 92 valence electrons. The van der Waals surface area contributed by atoms with Gasteiger partial charge in [0.1, 0.15) is 0 Å². The van der Waals surface area contributed by atoms with E-state index in [4.69, 9.17) is 0 Å². The summed E-state index contributed by atoms with van der Waals surface area (Å²) in [5.74, 6) is 4.27. The molecule has 1 N–H and O–H groups in total. The van der Waals surface area contributed by atoms with Gasteiger partial charge in [0.2, 0.25) is 0 Å². The minimum Gasteiger partial charge on any atom is -0.313 e. The van der Waals surface area contributed by atoms with Gasteiger partial charge >= 0.3 is 0 Å². The van der Waals surface area contributed by atoms with Crippen molar-refractivity contribution in [3.8, 4) is 0 Å². The van der Waals surface area contributed by atoms with Crippen molar-refractivity contribution in [1.82, 2.24) is 5.32 Å². The van der Waals surface area contributed by atoms with Gasteiger partial charge in [-0.25, -0.2) is 0 Å². The Hall–Kier alpha value is -0.0400. The van der Waals surface area contributed by atoms with E-state index in [0.717, 1.165) is 29.7 Å². The van der Waals surface area contributed by atoms with Crippen LogP contribution in [0.4, 0.5) is 0 Å². The summed E-state index contributed by atoms with van der Waals surface area (Å²) < 4.78 is 0. The number of hydrogen-bond acceptors (Lipinski definition) is 1. The molecule has 0 spiro atoms. The summed E-state index contributed by atoms with van der Waals surface area (Å²) in [6, 6.07) is 0.868. The van der Waals surface area contributed by atoms with Crippen LogP contribution in [0.3, 0.4) is 0 Å². The highest BCUT2D eigenvalue weighted by Crippen LogP contribution is 2.53.